The van der Waals surface area contributed by atoms with Crippen molar-refractivity contribution in [3.63, 3.8) is 0 Å². The molecule has 0 aliphatic carbocycles. The van der Waals surface area contributed by atoms with E-state index in [9.17, 15) is 4.57 Å². The molecular formula is C14H15N2O2P. The standard InChI is InChI=1S/C14H15N2O2P/c1-4-7-16-13-6-5-11(19(2,3)17)8-12(13)14-9-15-10-18-14/h1,5-6,8-10,16H,7H2,2-3H3. The average Bonchev–Trinajstić information content (AvgIpc) is 2.88. The second kappa shape index (κ2) is 5.34. The van der Waals surface area contributed by atoms with Crippen molar-refractivity contribution in [3.05, 3.63) is 30.8 Å². The minimum absolute atomic E-state index is 0.413. The van der Waals surface area contributed by atoms with Crippen LogP contribution in [0.1, 0.15) is 0 Å². The molecule has 19 heavy (non-hydrogen) atoms. The summed E-state index contributed by atoms with van der Waals surface area (Å²) in [6.45, 7) is 3.89. The maximum absolute atomic E-state index is 12.2. The maximum atomic E-state index is 12.2. The monoisotopic (exact) mass is 274 g/mol. The highest BCUT2D eigenvalue weighted by atomic mass is 31.2. The number of benzene rings is 1. The molecule has 2 aromatic rings. The Balaban J connectivity index is 2.51. The highest BCUT2D eigenvalue weighted by Crippen LogP contribution is 2.37. The van der Waals surface area contributed by atoms with Gasteiger partial charge in [0.1, 0.15) is 7.14 Å². The summed E-state index contributed by atoms with van der Waals surface area (Å²) in [6.07, 6.45) is 8.24. The Morgan fingerprint density at radius 3 is 2.84 bits per heavy atom. The van der Waals surface area contributed by atoms with Crippen LogP contribution in [0.2, 0.25) is 0 Å². The van der Waals surface area contributed by atoms with E-state index in [1.54, 1.807) is 19.5 Å². The molecule has 0 aliphatic rings. The van der Waals surface area contributed by atoms with Gasteiger partial charge in [0.15, 0.2) is 12.2 Å². The minimum Gasteiger partial charge on any atom is -0.443 e. The van der Waals surface area contributed by atoms with Crippen LogP contribution in [0.25, 0.3) is 11.3 Å². The van der Waals surface area contributed by atoms with Gasteiger partial charge in [-0.05, 0) is 31.5 Å². The second-order valence-electron chi connectivity index (χ2n) is 4.50. The lowest BCUT2D eigenvalue weighted by Gasteiger charge is -2.13. The molecule has 0 bridgehead atoms. The van der Waals surface area contributed by atoms with Crippen LogP contribution in [-0.4, -0.2) is 24.9 Å². The van der Waals surface area contributed by atoms with Crippen molar-refractivity contribution in [1.82, 2.24) is 4.98 Å². The van der Waals surface area contributed by atoms with Gasteiger partial charge in [0.2, 0.25) is 0 Å². The van der Waals surface area contributed by atoms with Crippen molar-refractivity contribution in [3.8, 4) is 23.7 Å². The van der Waals surface area contributed by atoms with Gasteiger partial charge >= 0.3 is 0 Å². The molecule has 0 saturated heterocycles. The van der Waals surface area contributed by atoms with E-state index in [1.165, 1.54) is 6.39 Å². The molecule has 0 radical (unpaired) electrons. The fraction of sp³-hybridized carbons (Fsp3) is 0.214. The van der Waals surface area contributed by atoms with Crippen molar-refractivity contribution in [1.29, 1.82) is 0 Å². The molecule has 0 aliphatic heterocycles. The summed E-state index contributed by atoms with van der Waals surface area (Å²) in [5.41, 5.74) is 1.65. The minimum atomic E-state index is -2.32. The number of nitrogens with one attached hydrogen (secondary N) is 1. The normalized spacial score (nSPS) is 11.0. The van der Waals surface area contributed by atoms with E-state index >= 15 is 0 Å². The topological polar surface area (TPSA) is 55.1 Å². The second-order valence-corrected chi connectivity index (χ2v) is 7.72. The van der Waals surface area contributed by atoms with Gasteiger partial charge in [0.25, 0.3) is 0 Å². The SMILES string of the molecule is C#CCNc1ccc(P(C)(C)=O)cc1-c1cnco1. The third-order valence-electron chi connectivity index (χ3n) is 2.70. The molecule has 98 valence electrons. The molecule has 1 heterocycles. The molecule has 1 N–H and O–H groups in total. The fourth-order valence-electron chi connectivity index (χ4n) is 1.72. The first-order chi connectivity index (χ1) is 9.02. The Hall–Kier alpha value is -1.98. The number of hydrogen-bond donors (Lipinski definition) is 1. The van der Waals surface area contributed by atoms with Gasteiger partial charge in [0, 0.05) is 16.6 Å². The van der Waals surface area contributed by atoms with Gasteiger partial charge < -0.3 is 14.3 Å². The van der Waals surface area contributed by atoms with E-state index in [0.29, 0.717) is 12.3 Å². The highest BCUT2D eigenvalue weighted by molar-refractivity contribution is 7.70. The van der Waals surface area contributed by atoms with Crippen LogP contribution in [-0.2, 0) is 4.57 Å². The van der Waals surface area contributed by atoms with Crippen LogP contribution >= 0.6 is 7.14 Å². The molecule has 0 unspecified atom stereocenters. The maximum Gasteiger partial charge on any atom is 0.181 e. The number of nitrogens with zero attached hydrogens (tertiary/aromatic N) is 1. The number of anilines is 1. The lowest BCUT2D eigenvalue weighted by Crippen LogP contribution is -2.07. The summed E-state index contributed by atoms with van der Waals surface area (Å²) in [7, 11) is -2.32. The summed E-state index contributed by atoms with van der Waals surface area (Å²) in [4.78, 5) is 3.91. The first-order valence-electron chi connectivity index (χ1n) is 5.78. The van der Waals surface area contributed by atoms with Gasteiger partial charge in [0.05, 0.1) is 12.7 Å². The number of rotatable bonds is 4. The van der Waals surface area contributed by atoms with Crippen LogP contribution in [0.5, 0.6) is 0 Å². The summed E-state index contributed by atoms with van der Waals surface area (Å²) in [5.74, 6) is 3.14. The Bertz CT molecular complexity index is 651. The zero-order valence-electron chi connectivity index (χ0n) is 10.9. The van der Waals surface area contributed by atoms with E-state index < -0.39 is 7.14 Å². The quantitative estimate of drug-likeness (QED) is 0.688. The van der Waals surface area contributed by atoms with Crippen LogP contribution in [0.4, 0.5) is 5.69 Å². The average molecular weight is 274 g/mol. The van der Waals surface area contributed by atoms with E-state index in [0.717, 1.165) is 16.6 Å². The van der Waals surface area contributed by atoms with Crippen LogP contribution < -0.4 is 10.6 Å². The molecule has 2 rings (SSSR count). The van der Waals surface area contributed by atoms with Gasteiger partial charge in [-0.1, -0.05) is 5.92 Å². The number of oxazole rings is 1. The Morgan fingerprint density at radius 2 is 2.26 bits per heavy atom. The fourth-order valence-corrected chi connectivity index (χ4v) is 2.59. The third kappa shape index (κ3) is 3.07. The molecule has 0 fully saturated rings. The number of hydrogen-bond acceptors (Lipinski definition) is 4. The number of terminal acetylenes is 1. The van der Waals surface area contributed by atoms with Crippen LogP contribution in [0.15, 0.2) is 35.2 Å². The molecule has 1 aromatic heterocycles. The Morgan fingerprint density at radius 1 is 1.47 bits per heavy atom. The van der Waals surface area contributed by atoms with Crippen molar-refractivity contribution in [2.24, 2.45) is 0 Å². The first kappa shape index (κ1) is 13.5. The molecular weight excluding hydrogens is 259 g/mol. The van der Waals surface area contributed by atoms with E-state index in [-0.39, 0.29) is 0 Å². The van der Waals surface area contributed by atoms with Gasteiger partial charge in [-0.3, -0.25) is 0 Å². The Kier molecular flexibility index (Phi) is 3.78. The van der Waals surface area contributed by atoms with Gasteiger partial charge in [-0.2, -0.15) is 0 Å². The molecule has 0 amide bonds. The molecule has 0 saturated carbocycles. The van der Waals surface area contributed by atoms with Gasteiger partial charge in [-0.15, -0.1) is 6.42 Å². The van der Waals surface area contributed by atoms with E-state index in [1.807, 2.05) is 18.2 Å². The third-order valence-corrected chi connectivity index (χ3v) is 4.23. The molecule has 5 heteroatoms. The predicted octanol–water partition coefficient (Wildman–Crippen LogP) is 2.63. The molecule has 1 aromatic carbocycles. The first-order valence-corrected chi connectivity index (χ1v) is 8.38. The van der Waals surface area contributed by atoms with Crippen molar-refractivity contribution in [2.75, 3.05) is 25.2 Å². The van der Waals surface area contributed by atoms with Crippen molar-refractivity contribution < 1.29 is 8.98 Å². The summed E-state index contributed by atoms with van der Waals surface area (Å²) in [6, 6.07) is 5.57. The predicted molar refractivity (Wildman–Crippen MR) is 78.4 cm³/mol. The van der Waals surface area contributed by atoms with Gasteiger partial charge in [-0.25, -0.2) is 4.98 Å². The molecule has 0 spiro atoms. The number of aromatic nitrogens is 1. The summed E-state index contributed by atoms with van der Waals surface area (Å²) < 4.78 is 17.5. The lowest BCUT2D eigenvalue weighted by molar-refractivity contribution is 0.572. The smallest absolute Gasteiger partial charge is 0.181 e. The van der Waals surface area contributed by atoms with Crippen molar-refractivity contribution >= 4 is 18.1 Å². The van der Waals surface area contributed by atoms with Crippen molar-refractivity contribution in [2.45, 2.75) is 0 Å². The van der Waals surface area contributed by atoms with E-state index in [4.69, 9.17) is 10.8 Å². The molecule has 0 atom stereocenters. The van der Waals surface area contributed by atoms with Crippen LogP contribution in [0.3, 0.4) is 0 Å². The lowest BCUT2D eigenvalue weighted by atomic mass is 10.1. The zero-order chi connectivity index (χ0) is 13.9. The van der Waals surface area contributed by atoms with E-state index in [2.05, 4.69) is 16.2 Å². The summed E-state index contributed by atoms with van der Waals surface area (Å²) in [5, 5.41) is 3.91. The Labute approximate surface area is 112 Å². The molecule has 4 nitrogen and oxygen atoms in total. The highest BCUT2D eigenvalue weighted by Gasteiger charge is 2.15. The largest absolute Gasteiger partial charge is 0.443 e. The zero-order valence-corrected chi connectivity index (χ0v) is 11.8. The van der Waals surface area contributed by atoms with Crippen LogP contribution in [0, 0.1) is 12.3 Å². The summed E-state index contributed by atoms with van der Waals surface area (Å²) >= 11 is 0.